The topological polar surface area (TPSA) is 0 Å². The lowest BCUT2D eigenvalue weighted by molar-refractivity contribution is 0.551. The van der Waals surface area contributed by atoms with E-state index in [4.69, 9.17) is 15.3 Å². The summed E-state index contributed by atoms with van der Waals surface area (Å²) in [4.78, 5) is 0. The second-order valence-electron chi connectivity index (χ2n) is 19.0. The molecule has 42 heavy (non-hydrogen) atoms. The summed E-state index contributed by atoms with van der Waals surface area (Å²) in [6, 6.07) is 23.4. The molecule has 0 aromatic heterocycles. The van der Waals surface area contributed by atoms with Crippen molar-refractivity contribution in [2.24, 2.45) is 0 Å². The van der Waals surface area contributed by atoms with E-state index in [1.807, 2.05) is 0 Å². The summed E-state index contributed by atoms with van der Waals surface area (Å²) in [7, 11) is -5.14. The molecule has 0 aliphatic heterocycles. The van der Waals surface area contributed by atoms with E-state index in [-0.39, 0.29) is 30.2 Å². The molecular weight excluding hydrogens is 660 g/mol. The highest BCUT2D eigenvalue weighted by Gasteiger charge is 2.85. The highest BCUT2D eigenvalue weighted by molar-refractivity contribution is 9.30. The normalized spacial score (nSPS) is 17.9. The van der Waals surface area contributed by atoms with Gasteiger partial charge in [-0.05, 0) is 35.4 Å². The van der Waals surface area contributed by atoms with Crippen LogP contribution in [0, 0.1) is 0 Å². The quantitative estimate of drug-likeness (QED) is 0.213. The summed E-state index contributed by atoms with van der Waals surface area (Å²) in [5.41, 5.74) is -2.85. The van der Waals surface area contributed by atoms with Crippen molar-refractivity contribution in [2.75, 3.05) is 0 Å². The molecule has 0 aliphatic carbocycles. The first-order chi connectivity index (χ1) is 18.5. The van der Waals surface area contributed by atoms with Gasteiger partial charge < -0.3 is 0 Å². The van der Waals surface area contributed by atoms with E-state index < -0.39 is 27.3 Å². The third kappa shape index (κ3) is 5.14. The number of halogens is 2. The number of hydrogen-bond donors (Lipinski definition) is 0. The molecule has 2 aromatic rings. The number of rotatable bonds is 5. The predicted octanol–water partition coefficient (Wildman–Crippen LogP) is 12.3. The maximum atomic E-state index is 9.44. The Kier molecular flexibility index (Phi) is 10.4. The molecule has 2 aromatic carbocycles. The van der Waals surface area contributed by atoms with Gasteiger partial charge in [-0.15, -0.1) is 15.3 Å². The lowest BCUT2D eigenvalue weighted by Crippen LogP contribution is -2.97. The largest absolute Gasteiger partial charge is 0.184 e. The molecule has 0 radical (unpaired) electrons. The van der Waals surface area contributed by atoms with Gasteiger partial charge in [0.2, 0.25) is 0 Å². The lowest BCUT2D eigenvalue weighted by Gasteiger charge is -2.74. The summed E-state index contributed by atoms with van der Waals surface area (Å²) in [5, 5.41) is 3.34. The van der Waals surface area contributed by atoms with E-state index in [2.05, 4.69) is 185 Å². The van der Waals surface area contributed by atoms with E-state index in [1.54, 1.807) is 0 Å². The van der Waals surface area contributed by atoms with Crippen LogP contribution >= 0.6 is 26.4 Å². The Labute approximate surface area is 277 Å². The van der Waals surface area contributed by atoms with Crippen LogP contribution in [-0.2, 0) is 0 Å². The molecule has 2 rings (SSSR count). The molecule has 0 nitrogen and oxygen atoms in total. The van der Waals surface area contributed by atoms with Crippen molar-refractivity contribution < 1.29 is 0 Å². The molecule has 2 atom stereocenters. The van der Waals surface area contributed by atoms with Crippen molar-refractivity contribution in [1.29, 1.82) is 0 Å². The molecule has 0 amide bonds. The van der Waals surface area contributed by atoms with Gasteiger partial charge in [0.1, 0.15) is 0 Å². The average Bonchev–Trinajstić information content (AvgIpc) is 2.74. The van der Waals surface area contributed by atoms with Crippen LogP contribution in [0.4, 0.5) is 0 Å². The van der Waals surface area contributed by atoms with Crippen LogP contribution in [0.3, 0.4) is 0 Å². The number of hydrogen-bond acceptors (Lipinski definition) is 0. The first kappa shape index (κ1) is 38.3. The van der Waals surface area contributed by atoms with Gasteiger partial charge in [-0.1, -0.05) is 190 Å². The molecule has 0 spiro atoms. The minimum atomic E-state index is -3.04. The van der Waals surface area contributed by atoms with Crippen molar-refractivity contribution in [2.45, 2.75) is 155 Å². The van der Waals surface area contributed by atoms with Crippen LogP contribution in [0.25, 0.3) is 0 Å². The minimum Gasteiger partial charge on any atom is -0.167 e. The van der Waals surface area contributed by atoms with Gasteiger partial charge in [-0.3, -0.25) is 0 Å². The van der Waals surface area contributed by atoms with Gasteiger partial charge in [0, 0.05) is 0 Å². The third-order valence-corrected chi connectivity index (χ3v) is 95.7. The van der Waals surface area contributed by atoms with Crippen LogP contribution < -0.4 is 10.4 Å². The molecule has 0 fully saturated rings. The molecular formula is C36H64BrClSi4. The Hall–Kier alpha value is 0.0775. The Balaban J connectivity index is 3.75. The first-order valence-corrected chi connectivity index (χ1v) is 30.2. The zero-order chi connectivity index (χ0) is 33.2. The molecule has 0 bridgehead atoms. The lowest BCUT2D eigenvalue weighted by atomic mass is 10.2. The van der Waals surface area contributed by atoms with Crippen molar-refractivity contribution in [3.8, 4) is 0 Å². The summed E-state index contributed by atoms with van der Waals surface area (Å²) in [6.45, 7) is 46.2. The van der Waals surface area contributed by atoms with Crippen LogP contribution in [0.1, 0.15) is 125 Å². The Morgan fingerprint density at radius 3 is 0.881 bits per heavy atom. The zero-order valence-electron chi connectivity index (χ0n) is 30.5. The second-order valence-corrected chi connectivity index (χ2v) is 62.9. The SMILES string of the molecule is CC(C)(C)[Si](C(C)(C)C)(C(C)(C)C)[Si](Cl)(c1ccccc1)[Si](Br)(c1ccccc1)[Si](C(C)(C)C)(C(C)(C)C)C(C)(C)C. The van der Waals surface area contributed by atoms with Crippen molar-refractivity contribution in [3.05, 3.63) is 60.7 Å². The van der Waals surface area contributed by atoms with E-state index in [0.717, 1.165) is 0 Å². The second kappa shape index (κ2) is 11.4. The highest BCUT2D eigenvalue weighted by Crippen LogP contribution is 2.74. The van der Waals surface area contributed by atoms with E-state index in [0.29, 0.717) is 0 Å². The van der Waals surface area contributed by atoms with Gasteiger partial charge in [-0.25, -0.2) is 0 Å². The van der Waals surface area contributed by atoms with Gasteiger partial charge in [-0.2, -0.15) is 11.1 Å². The van der Waals surface area contributed by atoms with Crippen LogP contribution in [-0.4, -0.2) is 27.3 Å². The monoisotopic (exact) mass is 722 g/mol. The van der Waals surface area contributed by atoms with Crippen LogP contribution in [0.2, 0.25) is 30.2 Å². The van der Waals surface area contributed by atoms with Crippen molar-refractivity contribution in [1.82, 2.24) is 0 Å². The summed E-state index contributed by atoms with van der Waals surface area (Å²) in [6.07, 6.45) is -3.04. The summed E-state index contributed by atoms with van der Waals surface area (Å²) >= 11 is 14.6. The molecule has 238 valence electrons. The highest BCUT2D eigenvalue weighted by atomic mass is 79.9. The maximum absolute atomic E-state index is 9.44. The minimum absolute atomic E-state index is 0.0436. The summed E-state index contributed by atoms with van der Waals surface area (Å²) < 4.78 is 0. The van der Waals surface area contributed by atoms with Crippen molar-refractivity contribution >= 4 is 64.1 Å². The predicted molar refractivity (Wildman–Crippen MR) is 208 cm³/mol. The van der Waals surface area contributed by atoms with Crippen LogP contribution in [0.5, 0.6) is 0 Å². The Morgan fingerprint density at radius 1 is 0.405 bits per heavy atom. The Bertz CT molecular complexity index is 1030. The first-order valence-electron chi connectivity index (χ1n) is 15.9. The standard InChI is InChI=1S/C36H64BrClSi4/c1-31(2,3)41(32(4,5)6,33(7,8)9)39(37,29-25-21-19-22-26-29)40(38,30-27-23-20-24-28-30)42(34(10,11)12,35(13,14)15)36(16,17)18/h19-28H,1-18H3. The number of benzene rings is 2. The van der Waals surface area contributed by atoms with Gasteiger partial charge >= 0.3 is 0 Å². The third-order valence-electron chi connectivity index (χ3n) is 10.6. The zero-order valence-corrected chi connectivity index (χ0v) is 36.9. The summed E-state index contributed by atoms with van der Waals surface area (Å²) in [5.74, 6) is 0. The smallest absolute Gasteiger partial charge is 0.167 e. The molecule has 0 heterocycles. The van der Waals surface area contributed by atoms with Crippen LogP contribution in [0.15, 0.2) is 60.7 Å². The fourth-order valence-electron chi connectivity index (χ4n) is 12.5. The van der Waals surface area contributed by atoms with Gasteiger partial charge in [0.15, 0.2) is 12.1 Å². The average molecular weight is 725 g/mol. The van der Waals surface area contributed by atoms with E-state index in [9.17, 15) is 11.1 Å². The molecule has 6 heteroatoms. The molecule has 0 saturated heterocycles. The molecule has 0 N–H and O–H groups in total. The van der Waals surface area contributed by atoms with Crippen molar-refractivity contribution in [3.63, 3.8) is 0 Å². The van der Waals surface area contributed by atoms with E-state index >= 15 is 0 Å². The Morgan fingerprint density at radius 2 is 0.643 bits per heavy atom. The van der Waals surface area contributed by atoms with Gasteiger partial charge in [0.05, 0.1) is 15.2 Å². The fraction of sp³-hybridized carbons (Fsp3) is 0.667. The fourth-order valence-corrected chi connectivity index (χ4v) is 147. The molecule has 0 aliphatic rings. The van der Waals surface area contributed by atoms with Gasteiger partial charge in [0.25, 0.3) is 0 Å². The maximum Gasteiger partial charge on any atom is 0.184 e. The van der Waals surface area contributed by atoms with E-state index in [1.165, 1.54) is 10.4 Å². The molecule has 2 unspecified atom stereocenters. The molecule has 0 saturated carbocycles.